The molecule has 2 bridgehead atoms. The fraction of sp³-hybridized carbons (Fsp3) is 0.720. The lowest BCUT2D eigenvalue weighted by Gasteiger charge is -2.62. The third kappa shape index (κ3) is 3.63. The molecule has 0 aliphatic heterocycles. The van der Waals surface area contributed by atoms with Gasteiger partial charge in [0, 0.05) is 12.1 Å². The van der Waals surface area contributed by atoms with Gasteiger partial charge in [-0.2, -0.15) is 0 Å². The molecule has 154 valence electrons. The van der Waals surface area contributed by atoms with Crippen molar-refractivity contribution in [3.05, 3.63) is 35.4 Å². The number of esters is 1. The monoisotopic (exact) mass is 383 g/mol. The molecule has 0 heterocycles. The molecule has 0 unspecified atom stereocenters. The fourth-order valence-corrected chi connectivity index (χ4v) is 6.37. The zero-order valence-electron chi connectivity index (χ0n) is 18.0. The van der Waals surface area contributed by atoms with Gasteiger partial charge in [-0.15, -0.1) is 0 Å². The highest BCUT2D eigenvalue weighted by atomic mass is 16.5. The van der Waals surface area contributed by atoms with E-state index in [-0.39, 0.29) is 5.97 Å². The molecule has 3 nitrogen and oxygen atoms in total. The van der Waals surface area contributed by atoms with Crippen molar-refractivity contribution in [1.82, 2.24) is 5.32 Å². The third-order valence-corrected chi connectivity index (χ3v) is 8.42. The molecule has 4 aliphatic rings. The van der Waals surface area contributed by atoms with Crippen LogP contribution in [0.5, 0.6) is 0 Å². The van der Waals surface area contributed by atoms with E-state index in [1.165, 1.54) is 44.1 Å². The van der Waals surface area contributed by atoms with E-state index in [0.29, 0.717) is 29.5 Å². The molecule has 5 rings (SSSR count). The Bertz CT molecular complexity index is 687. The number of hydrogen-bond acceptors (Lipinski definition) is 3. The fourth-order valence-electron chi connectivity index (χ4n) is 6.37. The van der Waals surface area contributed by atoms with Crippen LogP contribution in [0, 0.1) is 23.2 Å². The molecule has 4 atom stereocenters. The molecule has 4 saturated carbocycles. The number of rotatable bonds is 5. The second kappa shape index (κ2) is 7.82. The molecule has 4 fully saturated rings. The van der Waals surface area contributed by atoms with Crippen LogP contribution in [0.3, 0.4) is 0 Å². The van der Waals surface area contributed by atoms with Gasteiger partial charge in [0.15, 0.2) is 0 Å². The quantitative estimate of drug-likeness (QED) is 0.678. The van der Waals surface area contributed by atoms with Crippen molar-refractivity contribution in [3.63, 3.8) is 0 Å². The average molecular weight is 384 g/mol. The van der Waals surface area contributed by atoms with Crippen molar-refractivity contribution in [2.24, 2.45) is 23.2 Å². The maximum absolute atomic E-state index is 11.8. The van der Waals surface area contributed by atoms with Gasteiger partial charge in [0.2, 0.25) is 0 Å². The molecule has 0 radical (unpaired) electrons. The van der Waals surface area contributed by atoms with Gasteiger partial charge < -0.3 is 10.1 Å². The molecule has 1 aromatic carbocycles. The lowest BCUT2D eigenvalue weighted by atomic mass is 9.44. The first kappa shape index (κ1) is 19.9. The highest BCUT2D eigenvalue weighted by Crippen LogP contribution is 2.61. The number of carbonyl (C=O) groups is 1. The van der Waals surface area contributed by atoms with Gasteiger partial charge in [-0.25, -0.2) is 4.79 Å². The van der Waals surface area contributed by atoms with E-state index in [9.17, 15) is 4.79 Å². The van der Waals surface area contributed by atoms with Crippen LogP contribution in [0.15, 0.2) is 24.3 Å². The summed E-state index contributed by atoms with van der Waals surface area (Å²) in [6.45, 7) is 9.72. The lowest BCUT2D eigenvalue weighted by Crippen LogP contribution is -2.61. The van der Waals surface area contributed by atoms with E-state index >= 15 is 0 Å². The number of nitrogens with one attached hydrogen (secondary N) is 1. The summed E-state index contributed by atoms with van der Waals surface area (Å²) in [5.74, 6) is 3.07. The van der Waals surface area contributed by atoms with E-state index < -0.39 is 0 Å². The van der Waals surface area contributed by atoms with Crippen molar-refractivity contribution in [2.45, 2.75) is 84.2 Å². The molecular formula is C25H37NO2. The topological polar surface area (TPSA) is 38.3 Å². The van der Waals surface area contributed by atoms with E-state index in [2.05, 4.69) is 38.2 Å². The molecule has 0 amide bonds. The lowest BCUT2D eigenvalue weighted by molar-refractivity contribution is -0.117. The molecule has 1 aromatic rings. The first-order valence-electron chi connectivity index (χ1n) is 11.4. The molecule has 0 spiro atoms. The molecule has 1 N–H and O–H groups in total. The number of benzene rings is 1. The van der Waals surface area contributed by atoms with Crippen LogP contribution >= 0.6 is 0 Å². The molecule has 28 heavy (non-hydrogen) atoms. The van der Waals surface area contributed by atoms with Gasteiger partial charge in [0.1, 0.15) is 0 Å². The van der Waals surface area contributed by atoms with Crippen molar-refractivity contribution >= 4 is 5.97 Å². The maximum Gasteiger partial charge on any atom is 0.338 e. The summed E-state index contributed by atoms with van der Waals surface area (Å²) in [6, 6.07) is 9.52. The predicted molar refractivity (Wildman–Crippen MR) is 113 cm³/mol. The zero-order valence-corrected chi connectivity index (χ0v) is 18.0. The Morgan fingerprint density at radius 2 is 1.79 bits per heavy atom. The Morgan fingerprint density at radius 1 is 1.11 bits per heavy atom. The standard InChI is InChI=1S/C25H37NO2/c1-5-28-24(27)19-8-6-17(7-9-19)18-10-12-21(13-11-18)26-23-15-20-14-22(16(23)2)25(20,3)4/h6-9,16,18,20-23,26H,5,10-15H2,1-4H3/t16-,18?,20+,21?,22-,23-/m0/s1. The Kier molecular flexibility index (Phi) is 5.57. The maximum atomic E-state index is 11.8. The van der Waals surface area contributed by atoms with Gasteiger partial charge in [-0.05, 0) is 92.2 Å². The van der Waals surface area contributed by atoms with Crippen LogP contribution in [0.4, 0.5) is 0 Å². The number of fused-ring (bicyclic) bond motifs is 2. The largest absolute Gasteiger partial charge is 0.462 e. The molecule has 0 saturated heterocycles. The summed E-state index contributed by atoms with van der Waals surface area (Å²) < 4.78 is 5.08. The summed E-state index contributed by atoms with van der Waals surface area (Å²) >= 11 is 0. The van der Waals surface area contributed by atoms with Crippen LogP contribution in [-0.4, -0.2) is 24.7 Å². The Balaban J connectivity index is 1.28. The second-order valence-corrected chi connectivity index (χ2v) is 10.1. The van der Waals surface area contributed by atoms with E-state index in [1.54, 1.807) is 0 Å². The number of carbonyl (C=O) groups excluding carboxylic acids is 1. The van der Waals surface area contributed by atoms with Gasteiger partial charge in [-0.1, -0.05) is 32.9 Å². The van der Waals surface area contributed by atoms with Crippen molar-refractivity contribution < 1.29 is 9.53 Å². The molecular weight excluding hydrogens is 346 g/mol. The summed E-state index contributed by atoms with van der Waals surface area (Å²) in [7, 11) is 0. The summed E-state index contributed by atoms with van der Waals surface area (Å²) in [6.07, 6.45) is 7.87. The molecule has 0 aromatic heterocycles. The summed E-state index contributed by atoms with van der Waals surface area (Å²) in [5, 5.41) is 4.06. The van der Waals surface area contributed by atoms with Crippen LogP contribution in [-0.2, 0) is 4.74 Å². The average Bonchev–Trinajstić information content (AvgIpc) is 2.70. The molecule has 3 heteroatoms. The Hall–Kier alpha value is -1.35. The smallest absolute Gasteiger partial charge is 0.338 e. The zero-order chi connectivity index (χ0) is 19.9. The minimum Gasteiger partial charge on any atom is -0.462 e. The van der Waals surface area contributed by atoms with E-state index in [1.807, 2.05) is 19.1 Å². The SMILES string of the molecule is CCOC(=O)c1ccc(C2CCC(N[C@H]3C[C@H]4C[C@@H]([C@@H]3C)C4(C)C)CC2)cc1. The highest BCUT2D eigenvalue weighted by Gasteiger charge is 2.56. The van der Waals surface area contributed by atoms with Crippen molar-refractivity contribution in [2.75, 3.05) is 6.61 Å². The normalized spacial score (nSPS) is 36.4. The van der Waals surface area contributed by atoms with Crippen molar-refractivity contribution in [3.8, 4) is 0 Å². The summed E-state index contributed by atoms with van der Waals surface area (Å²) in [5.41, 5.74) is 2.61. The minimum atomic E-state index is -0.218. The van der Waals surface area contributed by atoms with Gasteiger partial charge in [0.05, 0.1) is 12.2 Å². The highest BCUT2D eigenvalue weighted by molar-refractivity contribution is 5.89. The Morgan fingerprint density at radius 3 is 2.36 bits per heavy atom. The van der Waals surface area contributed by atoms with Gasteiger partial charge in [0.25, 0.3) is 0 Å². The first-order valence-corrected chi connectivity index (χ1v) is 11.4. The van der Waals surface area contributed by atoms with Crippen LogP contribution in [0.25, 0.3) is 0 Å². The first-order chi connectivity index (χ1) is 13.4. The summed E-state index contributed by atoms with van der Waals surface area (Å²) in [4.78, 5) is 11.8. The van der Waals surface area contributed by atoms with E-state index in [4.69, 9.17) is 4.74 Å². The van der Waals surface area contributed by atoms with E-state index in [0.717, 1.165) is 23.8 Å². The van der Waals surface area contributed by atoms with Gasteiger partial charge in [-0.3, -0.25) is 0 Å². The number of hydrogen-bond donors (Lipinski definition) is 1. The van der Waals surface area contributed by atoms with Gasteiger partial charge >= 0.3 is 5.97 Å². The minimum absolute atomic E-state index is 0.218. The van der Waals surface area contributed by atoms with Crippen molar-refractivity contribution in [1.29, 1.82) is 0 Å². The molecule has 4 aliphatic carbocycles. The third-order valence-electron chi connectivity index (χ3n) is 8.42. The number of ether oxygens (including phenoxy) is 1. The second-order valence-electron chi connectivity index (χ2n) is 10.1. The van der Waals surface area contributed by atoms with Crippen LogP contribution in [0.1, 0.15) is 88.1 Å². The van der Waals surface area contributed by atoms with Crippen LogP contribution in [0.2, 0.25) is 0 Å². The van der Waals surface area contributed by atoms with Crippen LogP contribution < -0.4 is 5.32 Å². The predicted octanol–water partition coefficient (Wildman–Crippen LogP) is 5.55. The Labute approximate surface area is 170 Å².